The molecular weight excluding hydrogens is 1080 g/mol. The van der Waals surface area contributed by atoms with E-state index in [0.717, 1.165) is 25.7 Å². The third-order valence-electron chi connectivity index (χ3n) is 22.9. The van der Waals surface area contributed by atoms with E-state index in [1.54, 1.807) is 54.6 Å². The van der Waals surface area contributed by atoms with Crippen molar-refractivity contribution >= 4 is 129 Å². The molecule has 90 heavy (non-hydrogen) atoms. The minimum atomic E-state index is 1.16. The molecule has 13 rings (SSSR count). The van der Waals surface area contributed by atoms with Crippen LogP contribution < -0.4 is 0 Å². The molecule has 474 valence electrons. The Bertz CT molecular complexity index is 3770. The van der Waals surface area contributed by atoms with Crippen molar-refractivity contribution < 1.29 is 0 Å². The van der Waals surface area contributed by atoms with Gasteiger partial charge in [-0.2, -0.15) is 0 Å². The molecule has 0 saturated carbocycles. The van der Waals surface area contributed by atoms with Gasteiger partial charge in [-0.3, -0.25) is 0 Å². The molecule has 0 amide bonds. The minimum Gasteiger partial charge on any atom is -0.0654 e. The molecule has 0 radical (unpaired) electrons. The third kappa shape index (κ3) is 12.9. The van der Waals surface area contributed by atoms with Crippen LogP contribution >= 0.6 is 0 Å². The second-order valence-electron chi connectivity index (χ2n) is 29.7. The molecule has 0 heteroatoms. The van der Waals surface area contributed by atoms with E-state index in [2.05, 4.69) is 113 Å². The van der Waals surface area contributed by atoms with Gasteiger partial charge in [0.25, 0.3) is 0 Å². The summed E-state index contributed by atoms with van der Waals surface area (Å²) in [5.41, 5.74) is 6.18. The number of benzene rings is 13. The molecule has 0 aliphatic rings. The Hall–Kier alpha value is -5.46. The topological polar surface area (TPSA) is 0 Å². The van der Waals surface area contributed by atoms with Crippen LogP contribution in [0.25, 0.3) is 129 Å². The number of unbranched alkanes of at least 4 members (excludes halogenated alkanes) is 36. The van der Waals surface area contributed by atoms with Crippen molar-refractivity contribution in [1.29, 1.82) is 0 Å². The second kappa shape index (κ2) is 30.5. The standard InChI is InChI=1S/C90H114/c1-5-9-13-17-21-25-29-33-37-41-47-63-55-71-67-51-45-52-68-73-57-65(49-43-39-35-31-27-23-19-15-11-7-3)61-77-78-62-66(50-44-40-36-32-28-24-20-16-12-8-4)58-74-70-54-46-53-69-72-56-64(48-42-38-34-30-26-22-18-14-10-6-2)60-76-75(59-63)81(71)87-85(79(67)68)89(83(73)77)90(84(74)78)86(80(69)70)88(87)82(72)76/h45-46,51-62H,5-44,47-50H2,1-4H3. The Labute approximate surface area is 543 Å². The van der Waals surface area contributed by atoms with Crippen LogP contribution in [0.2, 0.25) is 0 Å². The Morgan fingerprint density at radius 2 is 0.300 bits per heavy atom. The largest absolute Gasteiger partial charge is 0.0654 e. The number of hydrogen-bond donors (Lipinski definition) is 0. The molecular formula is C90H114. The van der Waals surface area contributed by atoms with Gasteiger partial charge in [0.2, 0.25) is 0 Å². The smallest absolute Gasteiger partial charge is 0.0000473 e. The van der Waals surface area contributed by atoms with Crippen LogP contribution in [-0.2, 0) is 25.7 Å². The Morgan fingerprint density at radius 1 is 0.156 bits per heavy atom. The van der Waals surface area contributed by atoms with Gasteiger partial charge in [-0.15, -0.1) is 0 Å². The van der Waals surface area contributed by atoms with Gasteiger partial charge >= 0.3 is 0 Å². The molecule has 13 aromatic rings. The zero-order chi connectivity index (χ0) is 61.2. The van der Waals surface area contributed by atoms with Crippen molar-refractivity contribution in [2.24, 2.45) is 0 Å². The minimum absolute atomic E-state index is 1.16. The van der Waals surface area contributed by atoms with Crippen LogP contribution in [0.1, 0.15) is 307 Å². The Kier molecular flexibility index (Phi) is 21.5. The first-order valence-corrected chi connectivity index (χ1v) is 38.8. The van der Waals surface area contributed by atoms with Crippen molar-refractivity contribution in [2.75, 3.05) is 0 Å². The van der Waals surface area contributed by atoms with E-state index >= 15 is 0 Å². The summed E-state index contributed by atoms with van der Waals surface area (Å²) in [6.07, 6.45) is 59.6. The summed E-state index contributed by atoms with van der Waals surface area (Å²) in [6, 6.07) is 36.9. The zero-order valence-electron chi connectivity index (χ0n) is 57.2. The highest BCUT2D eigenvalue weighted by Crippen LogP contribution is 2.61. The lowest BCUT2D eigenvalue weighted by Crippen LogP contribution is -2.02. The van der Waals surface area contributed by atoms with E-state index in [-0.39, 0.29) is 0 Å². The van der Waals surface area contributed by atoms with Crippen LogP contribution in [0.3, 0.4) is 0 Å². The summed E-state index contributed by atoms with van der Waals surface area (Å²) in [7, 11) is 0. The van der Waals surface area contributed by atoms with E-state index in [4.69, 9.17) is 0 Å². The number of rotatable bonds is 44. The number of fused-ring (bicyclic) bond motifs is 6. The molecule has 0 bridgehead atoms. The van der Waals surface area contributed by atoms with Crippen molar-refractivity contribution in [3.05, 3.63) is 107 Å². The monoisotopic (exact) mass is 1190 g/mol. The number of aryl methyl sites for hydroxylation is 4. The molecule has 0 fully saturated rings. The van der Waals surface area contributed by atoms with Gasteiger partial charge in [-0.1, -0.05) is 344 Å². The van der Waals surface area contributed by atoms with Crippen LogP contribution in [0.15, 0.2) is 84.9 Å². The van der Waals surface area contributed by atoms with E-state index in [0.29, 0.717) is 0 Å². The first kappa shape index (κ1) is 63.3. The SMILES string of the molecule is CCCCCCCCCCCCc1cc2c3cccc4c5cc(CCCCCCCCCCCC)cc6c7cc(CCCCCCCCCCCC)cc8c9cccc%10c%11cc(CCCCCCCCCCCC)cc%12c(c1)c2c1c(c34)c(c56)c(c87)c(c%109)c1c%11%12. The summed E-state index contributed by atoms with van der Waals surface area (Å²) in [4.78, 5) is 0. The normalized spacial score (nSPS) is 12.8. The highest BCUT2D eigenvalue weighted by molar-refractivity contribution is 6.61. The van der Waals surface area contributed by atoms with Crippen molar-refractivity contribution in [3.8, 4) is 0 Å². The van der Waals surface area contributed by atoms with E-state index in [1.807, 2.05) is 0 Å². The zero-order valence-corrected chi connectivity index (χ0v) is 57.2. The summed E-state index contributed by atoms with van der Waals surface area (Å²) in [5.74, 6) is 0. The number of hydrogen-bond acceptors (Lipinski definition) is 0. The van der Waals surface area contributed by atoms with Crippen molar-refractivity contribution in [2.45, 2.75) is 310 Å². The van der Waals surface area contributed by atoms with Gasteiger partial charge in [0.1, 0.15) is 0 Å². The highest BCUT2D eigenvalue weighted by Gasteiger charge is 2.32. The second-order valence-corrected chi connectivity index (χ2v) is 29.7. The van der Waals surface area contributed by atoms with Gasteiger partial charge in [0.15, 0.2) is 0 Å². The fourth-order valence-electron chi connectivity index (χ4n) is 18.2. The van der Waals surface area contributed by atoms with Crippen LogP contribution in [0.5, 0.6) is 0 Å². The fourth-order valence-corrected chi connectivity index (χ4v) is 18.2. The first-order chi connectivity index (χ1) is 44.6. The van der Waals surface area contributed by atoms with Gasteiger partial charge in [0, 0.05) is 0 Å². The summed E-state index contributed by atoms with van der Waals surface area (Å²) < 4.78 is 0. The molecule has 0 N–H and O–H groups in total. The van der Waals surface area contributed by atoms with E-state index in [1.165, 1.54) is 354 Å². The predicted octanol–water partition coefficient (Wildman–Crippen LogP) is 30.0. The molecule has 0 spiro atoms. The Morgan fingerprint density at radius 3 is 0.478 bits per heavy atom. The average molecular weight is 1200 g/mol. The van der Waals surface area contributed by atoms with Crippen molar-refractivity contribution in [1.82, 2.24) is 0 Å². The van der Waals surface area contributed by atoms with Gasteiger partial charge < -0.3 is 0 Å². The maximum atomic E-state index is 2.74. The van der Waals surface area contributed by atoms with Crippen LogP contribution in [-0.4, -0.2) is 0 Å². The molecule has 0 nitrogen and oxygen atoms in total. The van der Waals surface area contributed by atoms with Gasteiger partial charge in [-0.05, 0) is 203 Å². The fraction of sp³-hybridized carbons (Fsp3) is 0.533. The molecule has 0 aliphatic heterocycles. The third-order valence-corrected chi connectivity index (χ3v) is 22.9. The van der Waals surface area contributed by atoms with Crippen molar-refractivity contribution in [3.63, 3.8) is 0 Å². The lowest BCUT2D eigenvalue weighted by atomic mass is 9.72. The predicted molar refractivity (Wildman–Crippen MR) is 406 cm³/mol. The van der Waals surface area contributed by atoms with Crippen LogP contribution in [0.4, 0.5) is 0 Å². The quantitative estimate of drug-likeness (QED) is 0.0203. The van der Waals surface area contributed by atoms with E-state index in [9.17, 15) is 0 Å². The lowest BCUT2D eigenvalue weighted by Gasteiger charge is -2.30. The highest BCUT2D eigenvalue weighted by atomic mass is 14.3. The maximum Gasteiger partial charge on any atom is -0.0000473 e. The molecule has 0 aromatic heterocycles. The Balaban J connectivity index is 0.968. The molecule has 0 unspecified atom stereocenters. The summed E-state index contributed by atoms with van der Waals surface area (Å²) >= 11 is 0. The molecule has 0 atom stereocenters. The van der Waals surface area contributed by atoms with Gasteiger partial charge in [0.05, 0.1) is 0 Å². The van der Waals surface area contributed by atoms with Crippen LogP contribution in [0, 0.1) is 0 Å². The average Bonchev–Trinajstić information content (AvgIpc) is 0.646. The maximum absolute atomic E-state index is 2.74. The van der Waals surface area contributed by atoms with E-state index < -0.39 is 0 Å². The molecule has 0 heterocycles. The summed E-state index contributed by atoms with van der Waals surface area (Å²) in [5, 5.41) is 36.6. The summed E-state index contributed by atoms with van der Waals surface area (Å²) in [6.45, 7) is 9.34. The van der Waals surface area contributed by atoms with Gasteiger partial charge in [-0.25, -0.2) is 0 Å². The lowest BCUT2D eigenvalue weighted by molar-refractivity contribution is 0.556. The molecule has 0 aliphatic carbocycles. The first-order valence-electron chi connectivity index (χ1n) is 38.8. The molecule has 13 aromatic carbocycles. The molecule has 0 saturated heterocycles.